The molecule has 0 unspecified atom stereocenters. The highest BCUT2D eigenvalue weighted by Crippen LogP contribution is 2.20. The van der Waals surface area contributed by atoms with Crippen molar-refractivity contribution < 1.29 is 0 Å². The van der Waals surface area contributed by atoms with Crippen molar-refractivity contribution in [1.82, 2.24) is 0 Å². The summed E-state index contributed by atoms with van der Waals surface area (Å²) in [6, 6.07) is 0. The van der Waals surface area contributed by atoms with E-state index in [0.717, 1.165) is 6.42 Å². The van der Waals surface area contributed by atoms with Crippen molar-refractivity contribution in [2.45, 2.75) is 27.2 Å². The van der Waals surface area contributed by atoms with E-state index < -0.39 is 0 Å². The first-order chi connectivity index (χ1) is 4.62. The molecule has 0 atom stereocenters. The van der Waals surface area contributed by atoms with E-state index in [2.05, 4.69) is 37.1 Å². The van der Waals surface area contributed by atoms with Gasteiger partial charge in [0.05, 0.1) is 0 Å². The van der Waals surface area contributed by atoms with Gasteiger partial charge in [0.2, 0.25) is 0 Å². The van der Waals surface area contributed by atoms with Gasteiger partial charge in [0, 0.05) is 13.2 Å². The second kappa shape index (κ2) is 4.20. The molecule has 2 nitrogen and oxygen atoms in total. The molecule has 0 fully saturated rings. The van der Waals surface area contributed by atoms with Crippen LogP contribution in [0.2, 0.25) is 0 Å². The second-order valence-corrected chi connectivity index (χ2v) is 2.97. The molecule has 0 radical (unpaired) electrons. The monoisotopic (exact) mass is 140 g/mol. The van der Waals surface area contributed by atoms with Crippen LogP contribution < -0.4 is 0 Å². The van der Waals surface area contributed by atoms with E-state index in [1.165, 1.54) is 0 Å². The average molecular weight is 140 g/mol. The summed E-state index contributed by atoms with van der Waals surface area (Å²) in [7, 11) is 1.67. The van der Waals surface area contributed by atoms with Gasteiger partial charge >= 0.3 is 0 Å². The lowest BCUT2D eigenvalue weighted by molar-refractivity contribution is 0.461. The Balaban J connectivity index is 3.86. The highest BCUT2D eigenvalue weighted by atomic mass is 15.1. The number of allylic oxidation sites excluding steroid dienone is 1. The molecule has 10 heavy (non-hydrogen) atoms. The molecule has 0 amide bonds. The van der Waals surface area contributed by atoms with Crippen molar-refractivity contribution >= 4 is 0 Å². The second-order valence-electron chi connectivity index (χ2n) is 2.97. The van der Waals surface area contributed by atoms with Gasteiger partial charge in [0.15, 0.2) is 0 Å². The Kier molecular flexibility index (Phi) is 3.93. The molecule has 0 heterocycles. The molecule has 0 saturated heterocycles. The molecule has 0 N–H and O–H groups in total. The van der Waals surface area contributed by atoms with Crippen LogP contribution in [0, 0.1) is 5.41 Å². The predicted octanol–water partition coefficient (Wildman–Crippen LogP) is 3.02. The summed E-state index contributed by atoms with van der Waals surface area (Å²) >= 11 is 0. The highest BCUT2D eigenvalue weighted by molar-refractivity contribution is 4.92. The van der Waals surface area contributed by atoms with Gasteiger partial charge in [-0.3, -0.25) is 0 Å². The molecule has 0 aromatic rings. The van der Waals surface area contributed by atoms with Crippen LogP contribution in [0.25, 0.3) is 0 Å². The number of nitrogens with zero attached hydrogens (tertiary/aromatic N) is 2. The summed E-state index contributed by atoms with van der Waals surface area (Å²) in [5.74, 6) is 0. The zero-order chi connectivity index (χ0) is 8.04. The fourth-order valence-corrected chi connectivity index (χ4v) is 0.420. The first-order valence-electron chi connectivity index (χ1n) is 3.59. The fourth-order valence-electron chi connectivity index (χ4n) is 0.420. The Labute approximate surface area is 63.1 Å². The fraction of sp³-hybridized carbons (Fsp3) is 0.750. The van der Waals surface area contributed by atoms with Crippen LogP contribution in [-0.2, 0) is 0 Å². The summed E-state index contributed by atoms with van der Waals surface area (Å²) in [6.45, 7) is 6.51. The quantitative estimate of drug-likeness (QED) is 0.538. The maximum absolute atomic E-state index is 3.75. The van der Waals surface area contributed by atoms with E-state index in [9.17, 15) is 0 Å². The van der Waals surface area contributed by atoms with Gasteiger partial charge < -0.3 is 0 Å². The third-order valence-corrected chi connectivity index (χ3v) is 1.62. The molecule has 0 aromatic carbocycles. The number of rotatable bonds is 3. The van der Waals surface area contributed by atoms with E-state index in [1.807, 2.05) is 0 Å². The molecule has 0 saturated carbocycles. The van der Waals surface area contributed by atoms with Crippen molar-refractivity contribution in [2.75, 3.05) is 7.05 Å². The summed E-state index contributed by atoms with van der Waals surface area (Å²) in [5.41, 5.74) is 0.258. The van der Waals surface area contributed by atoms with Crippen LogP contribution in [0.5, 0.6) is 0 Å². The Morgan fingerprint density at radius 1 is 1.40 bits per heavy atom. The first kappa shape index (κ1) is 9.34. The zero-order valence-corrected chi connectivity index (χ0v) is 7.26. The van der Waals surface area contributed by atoms with E-state index in [0.29, 0.717) is 0 Å². The minimum atomic E-state index is 0.258. The summed E-state index contributed by atoms with van der Waals surface area (Å²) in [4.78, 5) is 0. The van der Waals surface area contributed by atoms with Gasteiger partial charge in [0.1, 0.15) is 0 Å². The zero-order valence-electron chi connectivity index (χ0n) is 7.26. The van der Waals surface area contributed by atoms with Crippen LogP contribution in [0.4, 0.5) is 0 Å². The minimum Gasteiger partial charge on any atom is -0.193 e. The van der Waals surface area contributed by atoms with E-state index >= 15 is 0 Å². The molecule has 0 aliphatic heterocycles. The Morgan fingerprint density at radius 2 is 2.00 bits per heavy atom. The molecule has 0 aromatic heterocycles. The third-order valence-electron chi connectivity index (χ3n) is 1.62. The third kappa shape index (κ3) is 4.24. The van der Waals surface area contributed by atoms with Gasteiger partial charge in [-0.2, -0.15) is 10.2 Å². The van der Waals surface area contributed by atoms with Crippen molar-refractivity contribution in [2.24, 2.45) is 15.6 Å². The molecule has 0 aliphatic rings. The molecular weight excluding hydrogens is 124 g/mol. The Hall–Kier alpha value is -0.660. The molecule has 0 aliphatic carbocycles. The van der Waals surface area contributed by atoms with Crippen LogP contribution in [-0.4, -0.2) is 7.05 Å². The van der Waals surface area contributed by atoms with Crippen molar-refractivity contribution in [3.05, 3.63) is 12.3 Å². The summed E-state index contributed by atoms with van der Waals surface area (Å²) in [6.07, 6.45) is 4.95. The van der Waals surface area contributed by atoms with E-state index in [4.69, 9.17) is 0 Å². The predicted molar refractivity (Wildman–Crippen MR) is 44.0 cm³/mol. The molecular formula is C8H16N2. The van der Waals surface area contributed by atoms with Gasteiger partial charge in [-0.1, -0.05) is 26.8 Å². The summed E-state index contributed by atoms with van der Waals surface area (Å²) in [5, 5.41) is 7.36. The van der Waals surface area contributed by atoms with E-state index in [-0.39, 0.29) is 5.41 Å². The topological polar surface area (TPSA) is 24.7 Å². The number of hydrogen-bond acceptors (Lipinski definition) is 2. The van der Waals surface area contributed by atoms with Gasteiger partial charge in [-0.05, 0) is 11.8 Å². The van der Waals surface area contributed by atoms with E-state index in [1.54, 1.807) is 13.2 Å². The number of hydrogen-bond donors (Lipinski definition) is 0. The number of azo groups is 1. The Bertz CT molecular complexity index is 134. The lowest BCUT2D eigenvalue weighted by Crippen LogP contribution is -2.03. The largest absolute Gasteiger partial charge is 0.193 e. The van der Waals surface area contributed by atoms with Crippen molar-refractivity contribution in [3.63, 3.8) is 0 Å². The normalized spacial score (nSPS) is 13.6. The molecule has 58 valence electrons. The molecule has 0 bridgehead atoms. The lowest BCUT2D eigenvalue weighted by Gasteiger charge is -2.15. The minimum absolute atomic E-state index is 0.258. The van der Waals surface area contributed by atoms with Crippen LogP contribution in [0.1, 0.15) is 27.2 Å². The maximum atomic E-state index is 3.75. The van der Waals surface area contributed by atoms with Crippen LogP contribution in [0.3, 0.4) is 0 Å². The van der Waals surface area contributed by atoms with Crippen LogP contribution >= 0.6 is 0 Å². The summed E-state index contributed by atoms with van der Waals surface area (Å²) < 4.78 is 0. The van der Waals surface area contributed by atoms with Gasteiger partial charge in [-0.15, -0.1) is 0 Å². The maximum Gasteiger partial charge on any atom is 0.0491 e. The molecule has 2 heteroatoms. The lowest BCUT2D eigenvalue weighted by atomic mass is 9.91. The van der Waals surface area contributed by atoms with Crippen molar-refractivity contribution in [3.8, 4) is 0 Å². The SMILES string of the molecule is CCC(C)(C)/C=C\N=NC. The smallest absolute Gasteiger partial charge is 0.0491 e. The molecule has 0 rings (SSSR count). The van der Waals surface area contributed by atoms with Gasteiger partial charge in [0.25, 0.3) is 0 Å². The first-order valence-corrected chi connectivity index (χ1v) is 3.59. The Morgan fingerprint density at radius 3 is 2.40 bits per heavy atom. The van der Waals surface area contributed by atoms with Crippen LogP contribution in [0.15, 0.2) is 22.5 Å². The average Bonchev–Trinajstić information content (AvgIpc) is 1.89. The highest BCUT2D eigenvalue weighted by Gasteiger charge is 2.08. The molecule has 0 spiro atoms. The van der Waals surface area contributed by atoms with Gasteiger partial charge in [-0.25, -0.2) is 0 Å². The van der Waals surface area contributed by atoms with Crippen molar-refractivity contribution in [1.29, 1.82) is 0 Å². The standard InChI is InChI=1S/C8H16N2/c1-5-8(2,3)6-7-10-9-4/h6-7H,5H2,1-4H3/b7-6-,10-9?.